The molecule has 1 fully saturated rings. The van der Waals surface area contributed by atoms with E-state index in [1.54, 1.807) is 0 Å². The van der Waals surface area contributed by atoms with Crippen LogP contribution in [-0.2, 0) is 4.74 Å². The molecule has 0 radical (unpaired) electrons. The molecular formula is C13H20N2O2. The van der Waals surface area contributed by atoms with E-state index in [4.69, 9.17) is 20.9 Å². The molecular weight excluding hydrogens is 216 g/mol. The summed E-state index contributed by atoms with van der Waals surface area (Å²) in [6, 6.07) is 7.67. The molecule has 94 valence electrons. The molecule has 0 aromatic heterocycles. The van der Waals surface area contributed by atoms with Gasteiger partial charge in [-0.05, 0) is 30.5 Å². The van der Waals surface area contributed by atoms with Gasteiger partial charge in [0, 0.05) is 19.2 Å². The van der Waals surface area contributed by atoms with E-state index in [-0.39, 0.29) is 12.1 Å². The summed E-state index contributed by atoms with van der Waals surface area (Å²) in [7, 11) is 0. The zero-order chi connectivity index (χ0) is 12.1. The summed E-state index contributed by atoms with van der Waals surface area (Å²) in [6.07, 6.45) is 2.45. The van der Waals surface area contributed by atoms with Gasteiger partial charge in [-0.1, -0.05) is 12.1 Å². The highest BCUT2D eigenvalue weighted by molar-refractivity contribution is 5.30. The summed E-state index contributed by atoms with van der Waals surface area (Å²) in [5.41, 5.74) is 12.4. The molecule has 0 aliphatic carbocycles. The molecule has 2 rings (SSSR count). The normalized spacial score (nSPS) is 21.4. The fourth-order valence-electron chi connectivity index (χ4n) is 1.94. The van der Waals surface area contributed by atoms with E-state index in [0.29, 0.717) is 13.2 Å². The number of ether oxygens (including phenoxy) is 2. The SMILES string of the molecule is NC[C@@H](N)c1cccc(OCC2CCCO2)c1. The first kappa shape index (κ1) is 12.4. The van der Waals surface area contributed by atoms with Crippen LogP contribution >= 0.6 is 0 Å². The number of hydrogen-bond acceptors (Lipinski definition) is 4. The van der Waals surface area contributed by atoms with E-state index in [9.17, 15) is 0 Å². The first-order valence-electron chi connectivity index (χ1n) is 6.09. The Morgan fingerprint density at radius 3 is 3.06 bits per heavy atom. The van der Waals surface area contributed by atoms with E-state index in [2.05, 4.69) is 0 Å². The van der Waals surface area contributed by atoms with Crippen molar-refractivity contribution < 1.29 is 9.47 Å². The second kappa shape index (κ2) is 6.00. The van der Waals surface area contributed by atoms with Crippen molar-refractivity contribution >= 4 is 0 Å². The lowest BCUT2D eigenvalue weighted by Gasteiger charge is -2.14. The van der Waals surface area contributed by atoms with E-state index in [0.717, 1.165) is 30.8 Å². The largest absolute Gasteiger partial charge is 0.491 e. The van der Waals surface area contributed by atoms with Gasteiger partial charge in [-0.3, -0.25) is 0 Å². The maximum Gasteiger partial charge on any atom is 0.119 e. The third kappa shape index (κ3) is 3.43. The van der Waals surface area contributed by atoms with E-state index in [1.807, 2.05) is 24.3 Å². The predicted octanol–water partition coefficient (Wildman–Crippen LogP) is 1.20. The van der Waals surface area contributed by atoms with Gasteiger partial charge in [-0.15, -0.1) is 0 Å². The summed E-state index contributed by atoms with van der Waals surface area (Å²) in [5.74, 6) is 0.835. The third-order valence-corrected chi connectivity index (χ3v) is 3.00. The van der Waals surface area contributed by atoms with Gasteiger partial charge in [0.25, 0.3) is 0 Å². The van der Waals surface area contributed by atoms with E-state index >= 15 is 0 Å². The molecule has 2 atom stereocenters. The lowest BCUT2D eigenvalue weighted by Crippen LogP contribution is -2.21. The molecule has 1 unspecified atom stereocenters. The van der Waals surface area contributed by atoms with Gasteiger partial charge in [0.1, 0.15) is 12.4 Å². The van der Waals surface area contributed by atoms with Crippen molar-refractivity contribution in [2.45, 2.75) is 25.0 Å². The fourth-order valence-corrected chi connectivity index (χ4v) is 1.94. The maximum absolute atomic E-state index is 5.88. The molecule has 4 N–H and O–H groups in total. The van der Waals surface area contributed by atoms with Crippen LogP contribution in [0.25, 0.3) is 0 Å². The highest BCUT2D eigenvalue weighted by Crippen LogP contribution is 2.19. The average molecular weight is 236 g/mol. The molecule has 4 heteroatoms. The van der Waals surface area contributed by atoms with Crippen LogP contribution in [0.15, 0.2) is 24.3 Å². The lowest BCUT2D eigenvalue weighted by molar-refractivity contribution is 0.0679. The van der Waals surface area contributed by atoms with Crippen LogP contribution in [0.4, 0.5) is 0 Å². The smallest absolute Gasteiger partial charge is 0.119 e. The fraction of sp³-hybridized carbons (Fsp3) is 0.538. The Hall–Kier alpha value is -1.10. The van der Waals surface area contributed by atoms with Gasteiger partial charge < -0.3 is 20.9 Å². The third-order valence-electron chi connectivity index (χ3n) is 3.00. The second-order valence-corrected chi connectivity index (χ2v) is 4.36. The number of hydrogen-bond donors (Lipinski definition) is 2. The Balaban J connectivity index is 1.91. The van der Waals surface area contributed by atoms with Crippen molar-refractivity contribution in [3.8, 4) is 5.75 Å². The standard InChI is InChI=1S/C13H20N2O2/c14-8-13(15)10-3-1-4-11(7-10)17-9-12-5-2-6-16-12/h1,3-4,7,12-13H,2,5-6,8-9,14-15H2/t12?,13-/m1/s1. The van der Waals surface area contributed by atoms with Gasteiger partial charge in [-0.2, -0.15) is 0 Å². The van der Waals surface area contributed by atoms with Crippen molar-refractivity contribution in [2.75, 3.05) is 19.8 Å². The Morgan fingerprint density at radius 2 is 2.35 bits per heavy atom. The molecule has 1 saturated heterocycles. The quantitative estimate of drug-likeness (QED) is 0.806. The molecule has 1 heterocycles. The van der Waals surface area contributed by atoms with Crippen molar-refractivity contribution in [3.05, 3.63) is 29.8 Å². The van der Waals surface area contributed by atoms with Gasteiger partial charge in [0.05, 0.1) is 6.10 Å². The number of nitrogens with two attached hydrogens (primary N) is 2. The van der Waals surface area contributed by atoms with Crippen molar-refractivity contribution in [3.63, 3.8) is 0 Å². The summed E-state index contributed by atoms with van der Waals surface area (Å²) < 4.78 is 11.2. The predicted molar refractivity (Wildman–Crippen MR) is 66.9 cm³/mol. The monoisotopic (exact) mass is 236 g/mol. The van der Waals surface area contributed by atoms with Crippen LogP contribution in [0.1, 0.15) is 24.4 Å². The Bertz CT molecular complexity index is 351. The summed E-state index contributed by atoms with van der Waals surface area (Å²) >= 11 is 0. The minimum absolute atomic E-state index is 0.124. The van der Waals surface area contributed by atoms with Crippen LogP contribution in [0, 0.1) is 0 Å². The highest BCUT2D eigenvalue weighted by Gasteiger charge is 2.16. The Morgan fingerprint density at radius 1 is 1.47 bits per heavy atom. The van der Waals surface area contributed by atoms with Crippen molar-refractivity contribution in [1.29, 1.82) is 0 Å². The zero-order valence-corrected chi connectivity index (χ0v) is 9.97. The molecule has 17 heavy (non-hydrogen) atoms. The molecule has 1 aliphatic heterocycles. The molecule has 0 amide bonds. The van der Waals surface area contributed by atoms with Crippen LogP contribution in [0.5, 0.6) is 5.75 Å². The van der Waals surface area contributed by atoms with E-state index in [1.165, 1.54) is 0 Å². The Kier molecular flexibility index (Phi) is 4.36. The molecule has 1 aromatic rings. The minimum Gasteiger partial charge on any atom is -0.491 e. The molecule has 0 bridgehead atoms. The first-order valence-corrected chi connectivity index (χ1v) is 6.09. The van der Waals surface area contributed by atoms with Gasteiger partial charge in [-0.25, -0.2) is 0 Å². The Labute approximate surface area is 102 Å². The van der Waals surface area contributed by atoms with Gasteiger partial charge >= 0.3 is 0 Å². The number of rotatable bonds is 5. The van der Waals surface area contributed by atoms with Crippen LogP contribution in [0.3, 0.4) is 0 Å². The van der Waals surface area contributed by atoms with Crippen molar-refractivity contribution in [1.82, 2.24) is 0 Å². The summed E-state index contributed by atoms with van der Waals surface area (Å²) in [5, 5.41) is 0. The van der Waals surface area contributed by atoms with Gasteiger partial charge in [0.2, 0.25) is 0 Å². The van der Waals surface area contributed by atoms with Gasteiger partial charge in [0.15, 0.2) is 0 Å². The average Bonchev–Trinajstić information content (AvgIpc) is 2.89. The van der Waals surface area contributed by atoms with Crippen LogP contribution in [0.2, 0.25) is 0 Å². The molecule has 0 saturated carbocycles. The van der Waals surface area contributed by atoms with Crippen molar-refractivity contribution in [2.24, 2.45) is 11.5 Å². The van der Waals surface area contributed by atoms with Crippen LogP contribution in [-0.4, -0.2) is 25.9 Å². The van der Waals surface area contributed by atoms with E-state index < -0.39 is 0 Å². The second-order valence-electron chi connectivity index (χ2n) is 4.36. The number of benzene rings is 1. The minimum atomic E-state index is -0.124. The molecule has 4 nitrogen and oxygen atoms in total. The highest BCUT2D eigenvalue weighted by atomic mass is 16.5. The molecule has 1 aromatic carbocycles. The molecule has 0 spiro atoms. The topological polar surface area (TPSA) is 70.5 Å². The molecule has 1 aliphatic rings. The van der Waals surface area contributed by atoms with Crippen LogP contribution < -0.4 is 16.2 Å². The first-order chi connectivity index (χ1) is 8.29. The summed E-state index contributed by atoms with van der Waals surface area (Å²) in [6.45, 7) is 1.91. The maximum atomic E-state index is 5.88. The lowest BCUT2D eigenvalue weighted by atomic mass is 10.1. The zero-order valence-electron chi connectivity index (χ0n) is 9.97. The summed E-state index contributed by atoms with van der Waals surface area (Å²) in [4.78, 5) is 0.